The van der Waals surface area contributed by atoms with Gasteiger partial charge in [0, 0.05) is 6.54 Å². The molecule has 2 aromatic carbocycles. The van der Waals surface area contributed by atoms with E-state index in [2.05, 4.69) is 12.2 Å². The largest absolute Gasteiger partial charge is 0.494 e. The zero-order chi connectivity index (χ0) is 15.1. The third kappa shape index (κ3) is 4.30. The summed E-state index contributed by atoms with van der Waals surface area (Å²) in [5.74, 6) is 0.626. The molecule has 0 aliphatic carbocycles. The maximum atomic E-state index is 13.6. The molecule has 2 aromatic rings. The van der Waals surface area contributed by atoms with Crippen LogP contribution >= 0.6 is 0 Å². The smallest absolute Gasteiger partial charge is 0.123 e. The maximum Gasteiger partial charge on any atom is 0.123 e. The molecule has 0 aliphatic rings. The van der Waals surface area contributed by atoms with E-state index in [1.807, 2.05) is 37.3 Å². The van der Waals surface area contributed by atoms with E-state index in [1.165, 1.54) is 6.07 Å². The van der Waals surface area contributed by atoms with Gasteiger partial charge in [-0.1, -0.05) is 25.1 Å². The van der Waals surface area contributed by atoms with E-state index in [-0.39, 0.29) is 5.82 Å². The molecule has 2 rings (SSSR count). The van der Waals surface area contributed by atoms with Gasteiger partial charge in [0.25, 0.3) is 0 Å². The van der Waals surface area contributed by atoms with Gasteiger partial charge in [-0.2, -0.15) is 0 Å². The van der Waals surface area contributed by atoms with Crippen LogP contribution in [0.25, 0.3) is 11.1 Å². The third-order valence-corrected chi connectivity index (χ3v) is 3.29. The number of rotatable bonds is 7. The van der Waals surface area contributed by atoms with Gasteiger partial charge in [0.1, 0.15) is 11.6 Å². The molecule has 0 heterocycles. The fraction of sp³-hybridized carbons (Fsp3) is 0.333. The number of hydrogen-bond donors (Lipinski definition) is 1. The highest BCUT2D eigenvalue weighted by Crippen LogP contribution is 2.26. The van der Waals surface area contributed by atoms with Crippen LogP contribution in [0.15, 0.2) is 42.5 Å². The quantitative estimate of drug-likeness (QED) is 0.763. The first kappa shape index (κ1) is 15.5. The molecule has 0 aliphatic heterocycles. The lowest BCUT2D eigenvalue weighted by Crippen LogP contribution is -2.14. The van der Waals surface area contributed by atoms with E-state index in [0.717, 1.165) is 42.0 Å². The van der Waals surface area contributed by atoms with Gasteiger partial charge in [0.2, 0.25) is 0 Å². The molecule has 0 saturated carbocycles. The molecule has 21 heavy (non-hydrogen) atoms. The van der Waals surface area contributed by atoms with E-state index in [9.17, 15) is 4.39 Å². The van der Waals surface area contributed by atoms with Crippen molar-refractivity contribution in [2.75, 3.05) is 13.2 Å². The number of halogens is 1. The Morgan fingerprint density at radius 1 is 1.05 bits per heavy atom. The predicted octanol–water partition coefficient (Wildman–Crippen LogP) is 4.39. The summed E-state index contributed by atoms with van der Waals surface area (Å²) in [6, 6.07) is 12.8. The standard InChI is InChI=1S/C18H22FNO/c1-3-11-20-13-15-5-8-16(19)12-18(15)14-6-9-17(10-7-14)21-4-2/h5-10,12,20H,3-4,11,13H2,1-2H3. The lowest BCUT2D eigenvalue weighted by Gasteiger charge is -2.12. The van der Waals surface area contributed by atoms with Gasteiger partial charge in [-0.3, -0.25) is 0 Å². The highest BCUT2D eigenvalue weighted by atomic mass is 19.1. The molecule has 0 aromatic heterocycles. The Bertz CT molecular complexity index is 566. The summed E-state index contributed by atoms with van der Waals surface area (Å²) in [5, 5.41) is 3.37. The van der Waals surface area contributed by atoms with Crippen molar-refractivity contribution in [2.24, 2.45) is 0 Å². The van der Waals surface area contributed by atoms with Gasteiger partial charge in [0.05, 0.1) is 6.61 Å². The second kappa shape index (κ2) is 7.79. The molecule has 0 fully saturated rings. The normalized spacial score (nSPS) is 10.6. The highest BCUT2D eigenvalue weighted by molar-refractivity contribution is 5.68. The second-order valence-corrected chi connectivity index (χ2v) is 4.94. The Labute approximate surface area is 126 Å². The molecule has 0 unspecified atom stereocenters. The summed E-state index contributed by atoms with van der Waals surface area (Å²) in [4.78, 5) is 0. The number of ether oxygens (including phenoxy) is 1. The minimum absolute atomic E-state index is 0.210. The molecule has 112 valence electrons. The van der Waals surface area contributed by atoms with Crippen LogP contribution in [-0.2, 0) is 6.54 Å². The van der Waals surface area contributed by atoms with Crippen molar-refractivity contribution < 1.29 is 9.13 Å². The Morgan fingerprint density at radius 2 is 1.81 bits per heavy atom. The molecule has 0 radical (unpaired) electrons. The monoisotopic (exact) mass is 287 g/mol. The Morgan fingerprint density at radius 3 is 2.48 bits per heavy atom. The summed E-state index contributed by atoms with van der Waals surface area (Å²) < 4.78 is 19.0. The van der Waals surface area contributed by atoms with Crippen molar-refractivity contribution in [3.63, 3.8) is 0 Å². The first-order valence-corrected chi connectivity index (χ1v) is 7.47. The topological polar surface area (TPSA) is 21.3 Å². The molecular formula is C18H22FNO. The second-order valence-electron chi connectivity index (χ2n) is 4.94. The average Bonchev–Trinajstić information content (AvgIpc) is 2.50. The molecule has 1 N–H and O–H groups in total. The first-order valence-electron chi connectivity index (χ1n) is 7.47. The van der Waals surface area contributed by atoms with E-state index >= 15 is 0 Å². The molecular weight excluding hydrogens is 265 g/mol. The number of hydrogen-bond acceptors (Lipinski definition) is 2. The zero-order valence-corrected chi connectivity index (χ0v) is 12.7. The van der Waals surface area contributed by atoms with Gasteiger partial charge >= 0.3 is 0 Å². The van der Waals surface area contributed by atoms with Crippen molar-refractivity contribution >= 4 is 0 Å². The minimum atomic E-state index is -0.210. The molecule has 0 atom stereocenters. The molecule has 0 spiro atoms. The van der Waals surface area contributed by atoms with Crippen molar-refractivity contribution in [2.45, 2.75) is 26.8 Å². The summed E-state index contributed by atoms with van der Waals surface area (Å²) in [6.45, 7) is 6.44. The van der Waals surface area contributed by atoms with Crippen molar-refractivity contribution in [3.05, 3.63) is 53.8 Å². The lowest BCUT2D eigenvalue weighted by molar-refractivity contribution is 0.340. The van der Waals surface area contributed by atoms with Gasteiger partial charge in [-0.05, 0) is 60.8 Å². The Kier molecular flexibility index (Phi) is 5.76. The number of nitrogens with one attached hydrogen (secondary N) is 1. The Hall–Kier alpha value is -1.87. The van der Waals surface area contributed by atoms with Gasteiger partial charge in [-0.15, -0.1) is 0 Å². The molecule has 0 amide bonds. The first-order chi connectivity index (χ1) is 10.2. The minimum Gasteiger partial charge on any atom is -0.494 e. The van der Waals surface area contributed by atoms with Crippen LogP contribution < -0.4 is 10.1 Å². The van der Waals surface area contributed by atoms with Crippen molar-refractivity contribution in [1.82, 2.24) is 5.32 Å². The van der Waals surface area contributed by atoms with Crippen LogP contribution in [0.5, 0.6) is 5.75 Å². The van der Waals surface area contributed by atoms with Crippen molar-refractivity contribution in [1.29, 1.82) is 0 Å². The van der Waals surface area contributed by atoms with Crippen LogP contribution in [0.4, 0.5) is 4.39 Å². The van der Waals surface area contributed by atoms with Gasteiger partial charge in [-0.25, -0.2) is 4.39 Å². The fourth-order valence-electron chi connectivity index (χ4n) is 2.27. The van der Waals surface area contributed by atoms with Crippen LogP contribution in [-0.4, -0.2) is 13.2 Å². The Balaban J connectivity index is 2.25. The van der Waals surface area contributed by atoms with Crippen LogP contribution in [0.1, 0.15) is 25.8 Å². The molecule has 0 bridgehead atoms. The molecule has 0 saturated heterocycles. The predicted molar refractivity (Wildman–Crippen MR) is 85.0 cm³/mol. The van der Waals surface area contributed by atoms with E-state index in [0.29, 0.717) is 6.61 Å². The lowest BCUT2D eigenvalue weighted by atomic mass is 9.99. The third-order valence-electron chi connectivity index (χ3n) is 3.29. The van der Waals surface area contributed by atoms with E-state index < -0.39 is 0 Å². The van der Waals surface area contributed by atoms with E-state index in [4.69, 9.17) is 4.74 Å². The highest BCUT2D eigenvalue weighted by Gasteiger charge is 2.07. The van der Waals surface area contributed by atoms with Crippen molar-refractivity contribution in [3.8, 4) is 16.9 Å². The summed E-state index contributed by atoms with van der Waals surface area (Å²) in [5.41, 5.74) is 3.04. The molecule has 2 nitrogen and oxygen atoms in total. The average molecular weight is 287 g/mol. The van der Waals surface area contributed by atoms with E-state index in [1.54, 1.807) is 6.07 Å². The summed E-state index contributed by atoms with van der Waals surface area (Å²) in [7, 11) is 0. The van der Waals surface area contributed by atoms with Gasteiger partial charge in [0.15, 0.2) is 0 Å². The zero-order valence-electron chi connectivity index (χ0n) is 12.7. The summed E-state index contributed by atoms with van der Waals surface area (Å²) in [6.07, 6.45) is 1.08. The fourth-order valence-corrected chi connectivity index (χ4v) is 2.27. The summed E-state index contributed by atoms with van der Waals surface area (Å²) >= 11 is 0. The molecule has 3 heteroatoms. The SMILES string of the molecule is CCCNCc1ccc(F)cc1-c1ccc(OCC)cc1. The van der Waals surface area contributed by atoms with Crippen LogP contribution in [0.2, 0.25) is 0 Å². The van der Waals surface area contributed by atoms with Crippen LogP contribution in [0.3, 0.4) is 0 Å². The van der Waals surface area contributed by atoms with Gasteiger partial charge < -0.3 is 10.1 Å². The van der Waals surface area contributed by atoms with Crippen LogP contribution in [0, 0.1) is 5.82 Å². The number of benzene rings is 2. The maximum absolute atomic E-state index is 13.6.